The van der Waals surface area contributed by atoms with Gasteiger partial charge >= 0.3 is 0 Å². The zero-order chi connectivity index (χ0) is 11.8. The number of carbonyl (C=O) groups excluding carboxylic acids is 1. The van der Waals surface area contributed by atoms with Crippen LogP contribution in [-0.4, -0.2) is 36.5 Å². The van der Waals surface area contributed by atoms with Gasteiger partial charge in [-0.15, -0.1) is 0 Å². The molecule has 1 aliphatic rings. The van der Waals surface area contributed by atoms with Crippen molar-refractivity contribution in [2.45, 2.75) is 38.6 Å². The van der Waals surface area contributed by atoms with Crippen molar-refractivity contribution in [2.75, 3.05) is 19.6 Å². The molecule has 1 saturated heterocycles. The Morgan fingerprint density at radius 3 is 3.06 bits per heavy atom. The second-order valence-corrected chi connectivity index (χ2v) is 4.24. The van der Waals surface area contributed by atoms with E-state index in [1.807, 2.05) is 5.94 Å². The van der Waals surface area contributed by atoms with Crippen molar-refractivity contribution in [2.24, 2.45) is 0 Å². The summed E-state index contributed by atoms with van der Waals surface area (Å²) in [5.41, 5.74) is 0.614. The fourth-order valence-corrected chi connectivity index (χ4v) is 2.18. The van der Waals surface area contributed by atoms with E-state index in [1.54, 1.807) is 6.08 Å². The number of nitrogens with one attached hydrogen (secondary N) is 1. The normalized spacial score (nSPS) is 20.3. The summed E-state index contributed by atoms with van der Waals surface area (Å²) in [6.45, 7) is 8.66. The second-order valence-electron chi connectivity index (χ2n) is 4.24. The van der Waals surface area contributed by atoms with Crippen LogP contribution in [0, 0.1) is 0 Å². The van der Waals surface area contributed by atoms with Crippen molar-refractivity contribution in [3.05, 3.63) is 18.4 Å². The van der Waals surface area contributed by atoms with E-state index in [4.69, 9.17) is 0 Å². The van der Waals surface area contributed by atoms with Crippen LogP contribution in [0.4, 0.5) is 0 Å². The summed E-state index contributed by atoms with van der Waals surface area (Å²) < 4.78 is 0. The van der Waals surface area contributed by atoms with Gasteiger partial charge in [0.1, 0.15) is 11.6 Å². The quantitative estimate of drug-likeness (QED) is 0.422. The Hall–Kier alpha value is -1.05. The molecule has 0 amide bonds. The number of allylic oxidation sites excluding steroid dienone is 1. The lowest BCUT2D eigenvalue weighted by atomic mass is 10.0. The third-order valence-electron chi connectivity index (χ3n) is 3.10. The molecular formula is C13H22N2O. The topological polar surface area (TPSA) is 32.3 Å². The molecule has 1 unspecified atom stereocenters. The number of hydrogen-bond acceptors (Lipinski definition) is 3. The van der Waals surface area contributed by atoms with E-state index >= 15 is 0 Å². The Bertz CT molecular complexity index is 269. The van der Waals surface area contributed by atoms with E-state index in [1.165, 1.54) is 19.3 Å². The van der Waals surface area contributed by atoms with E-state index in [0.29, 0.717) is 11.7 Å². The summed E-state index contributed by atoms with van der Waals surface area (Å²) in [5, 5.41) is 3.38. The van der Waals surface area contributed by atoms with Gasteiger partial charge in [0.25, 0.3) is 0 Å². The number of hydrogen-bond donors (Lipinski definition) is 1. The molecule has 90 valence electrons. The highest BCUT2D eigenvalue weighted by molar-refractivity contribution is 5.56. The van der Waals surface area contributed by atoms with Gasteiger partial charge in [-0.05, 0) is 12.5 Å². The minimum Gasteiger partial charge on any atom is -0.357 e. The van der Waals surface area contributed by atoms with E-state index in [2.05, 4.69) is 23.7 Å². The van der Waals surface area contributed by atoms with E-state index < -0.39 is 0 Å². The molecule has 0 spiro atoms. The molecule has 0 aromatic heterocycles. The van der Waals surface area contributed by atoms with Crippen LogP contribution in [-0.2, 0) is 4.79 Å². The molecule has 0 saturated carbocycles. The monoisotopic (exact) mass is 222 g/mol. The van der Waals surface area contributed by atoms with Crippen LogP contribution in [0.25, 0.3) is 0 Å². The largest absolute Gasteiger partial charge is 0.357 e. The standard InChI is InChI=1S/C13H22N2O/c1-3-5-6-7-13-10-14-8-9-15(13)12(4-2)11-16/h4,13-14H,2-3,5-10H2,1H3. The first-order valence-corrected chi connectivity index (χ1v) is 6.18. The van der Waals surface area contributed by atoms with Crippen molar-refractivity contribution in [3.8, 4) is 0 Å². The molecule has 3 heteroatoms. The Kier molecular flexibility index (Phi) is 5.91. The third-order valence-corrected chi connectivity index (χ3v) is 3.10. The predicted molar refractivity (Wildman–Crippen MR) is 66.9 cm³/mol. The van der Waals surface area contributed by atoms with Crippen LogP contribution in [0.15, 0.2) is 18.4 Å². The van der Waals surface area contributed by atoms with Gasteiger partial charge in [0.2, 0.25) is 0 Å². The van der Waals surface area contributed by atoms with Gasteiger partial charge in [-0.2, -0.15) is 0 Å². The highest BCUT2D eigenvalue weighted by Gasteiger charge is 2.22. The maximum atomic E-state index is 10.8. The Balaban J connectivity index is 2.56. The summed E-state index contributed by atoms with van der Waals surface area (Å²) in [7, 11) is 0. The fourth-order valence-electron chi connectivity index (χ4n) is 2.18. The molecule has 0 aromatic rings. The molecule has 1 atom stereocenters. The molecular weight excluding hydrogens is 200 g/mol. The first-order valence-electron chi connectivity index (χ1n) is 6.18. The number of piperazine rings is 1. The Labute approximate surface area is 98.2 Å². The summed E-state index contributed by atoms with van der Waals surface area (Å²) >= 11 is 0. The van der Waals surface area contributed by atoms with E-state index in [9.17, 15) is 4.79 Å². The highest BCUT2D eigenvalue weighted by Crippen LogP contribution is 2.16. The molecule has 1 rings (SSSR count). The number of unbranched alkanes of at least 4 members (excludes halogenated alkanes) is 2. The van der Waals surface area contributed by atoms with E-state index in [-0.39, 0.29) is 0 Å². The highest BCUT2D eigenvalue weighted by atomic mass is 16.1. The molecule has 1 N–H and O–H groups in total. The summed E-state index contributed by atoms with van der Waals surface area (Å²) in [6, 6.07) is 0.426. The summed E-state index contributed by atoms with van der Waals surface area (Å²) in [5.74, 6) is 1.99. The van der Waals surface area contributed by atoms with Crippen molar-refractivity contribution >= 4 is 5.94 Å². The summed E-state index contributed by atoms with van der Waals surface area (Å²) in [4.78, 5) is 13.0. The SMILES string of the molecule is C=CC(=C=O)N1CCNCC1CCCCC. The Morgan fingerprint density at radius 2 is 2.44 bits per heavy atom. The van der Waals surface area contributed by atoms with Gasteiger partial charge < -0.3 is 10.2 Å². The average molecular weight is 222 g/mol. The van der Waals surface area contributed by atoms with Crippen molar-refractivity contribution in [1.29, 1.82) is 0 Å². The molecule has 0 radical (unpaired) electrons. The van der Waals surface area contributed by atoms with Crippen LogP contribution in [0.5, 0.6) is 0 Å². The minimum atomic E-state index is 0.426. The number of nitrogens with zero attached hydrogens (tertiary/aromatic N) is 1. The fraction of sp³-hybridized carbons (Fsp3) is 0.692. The van der Waals surface area contributed by atoms with Crippen LogP contribution >= 0.6 is 0 Å². The molecule has 1 heterocycles. The first-order chi connectivity index (χ1) is 7.83. The van der Waals surface area contributed by atoms with Crippen LogP contribution in [0.3, 0.4) is 0 Å². The minimum absolute atomic E-state index is 0.426. The molecule has 16 heavy (non-hydrogen) atoms. The zero-order valence-corrected chi connectivity index (χ0v) is 10.2. The second kappa shape index (κ2) is 7.26. The molecule has 1 aliphatic heterocycles. The smallest absolute Gasteiger partial charge is 0.150 e. The Morgan fingerprint density at radius 1 is 1.62 bits per heavy atom. The maximum absolute atomic E-state index is 10.8. The lowest BCUT2D eigenvalue weighted by Gasteiger charge is -2.37. The van der Waals surface area contributed by atoms with Gasteiger partial charge in [0.15, 0.2) is 0 Å². The van der Waals surface area contributed by atoms with Crippen molar-refractivity contribution in [1.82, 2.24) is 10.2 Å². The van der Waals surface area contributed by atoms with Gasteiger partial charge in [0.05, 0.1) is 0 Å². The number of rotatable bonds is 6. The lowest BCUT2D eigenvalue weighted by molar-refractivity contribution is 0.202. The van der Waals surface area contributed by atoms with Gasteiger partial charge in [-0.25, -0.2) is 4.79 Å². The average Bonchev–Trinajstić information content (AvgIpc) is 2.33. The summed E-state index contributed by atoms with van der Waals surface area (Å²) in [6.07, 6.45) is 6.48. The van der Waals surface area contributed by atoms with Gasteiger partial charge in [0, 0.05) is 25.7 Å². The van der Waals surface area contributed by atoms with Crippen LogP contribution in [0.1, 0.15) is 32.6 Å². The van der Waals surface area contributed by atoms with Gasteiger partial charge in [-0.3, -0.25) is 0 Å². The molecule has 0 aromatic carbocycles. The van der Waals surface area contributed by atoms with Gasteiger partial charge in [-0.1, -0.05) is 32.8 Å². The zero-order valence-electron chi connectivity index (χ0n) is 10.2. The predicted octanol–water partition coefficient (Wildman–Crippen LogP) is 1.74. The van der Waals surface area contributed by atoms with Crippen molar-refractivity contribution < 1.29 is 4.79 Å². The van der Waals surface area contributed by atoms with Crippen molar-refractivity contribution in [3.63, 3.8) is 0 Å². The van der Waals surface area contributed by atoms with Crippen LogP contribution < -0.4 is 5.32 Å². The molecule has 0 bridgehead atoms. The first kappa shape index (κ1) is 13.0. The molecule has 1 fully saturated rings. The lowest BCUT2D eigenvalue weighted by Crippen LogP contribution is -2.50. The molecule has 0 aliphatic carbocycles. The maximum Gasteiger partial charge on any atom is 0.150 e. The van der Waals surface area contributed by atoms with Crippen LogP contribution in [0.2, 0.25) is 0 Å². The van der Waals surface area contributed by atoms with E-state index in [0.717, 1.165) is 26.1 Å². The molecule has 3 nitrogen and oxygen atoms in total. The third kappa shape index (κ3) is 3.51.